The zero-order valence-electron chi connectivity index (χ0n) is 9.93. The molecule has 0 unspecified atom stereocenters. The first-order chi connectivity index (χ1) is 8.88. The van der Waals surface area contributed by atoms with Gasteiger partial charge in [0, 0.05) is 15.2 Å². The monoisotopic (exact) mass is 366 g/mol. The van der Waals surface area contributed by atoms with Crippen LogP contribution in [0.1, 0.15) is 29.6 Å². The normalized spacial score (nSPS) is 15.3. The quantitative estimate of drug-likeness (QED) is 0.591. The third kappa shape index (κ3) is 4.19. The van der Waals surface area contributed by atoms with Gasteiger partial charge in [-0.05, 0) is 46.5 Å². The van der Waals surface area contributed by atoms with E-state index in [1.165, 1.54) is 31.0 Å². The van der Waals surface area contributed by atoms with E-state index < -0.39 is 15.0 Å². The Labute approximate surface area is 124 Å². The van der Waals surface area contributed by atoms with Crippen molar-refractivity contribution in [1.29, 1.82) is 0 Å². The van der Waals surface area contributed by atoms with E-state index in [4.69, 9.17) is 15.4 Å². The Bertz CT molecular complexity index is 596. The number of carbonyl (C=O) groups is 1. The van der Waals surface area contributed by atoms with E-state index >= 15 is 0 Å². The summed E-state index contributed by atoms with van der Waals surface area (Å²) in [6.45, 7) is 0.364. The lowest BCUT2D eigenvalue weighted by molar-refractivity contribution is 0.0494. The molecule has 0 heterocycles. The molecule has 1 saturated carbocycles. The van der Waals surface area contributed by atoms with E-state index in [0.29, 0.717) is 17.0 Å². The summed E-state index contributed by atoms with van der Waals surface area (Å²) >= 11 is 3.08. The maximum Gasteiger partial charge on any atom is 0.338 e. The van der Waals surface area contributed by atoms with Crippen LogP contribution in [0.25, 0.3) is 0 Å². The number of esters is 1. The summed E-state index contributed by atoms with van der Waals surface area (Å²) in [6.07, 6.45) is 3.26. The third-order valence-corrected chi connectivity index (χ3v) is 5.20. The predicted octanol–water partition coefficient (Wildman–Crippen LogP) is 3.33. The molecule has 2 rings (SSSR count). The highest BCUT2D eigenvalue weighted by Crippen LogP contribution is 2.32. The molecule has 0 aliphatic heterocycles. The summed E-state index contributed by atoms with van der Waals surface area (Å²) in [5.41, 5.74) is 0.179. The molecule has 0 spiro atoms. The summed E-state index contributed by atoms with van der Waals surface area (Å²) in [4.78, 5) is 11.6. The van der Waals surface area contributed by atoms with Gasteiger partial charge in [-0.3, -0.25) is 0 Å². The van der Waals surface area contributed by atoms with Crippen LogP contribution in [0.15, 0.2) is 27.6 Å². The standard InChI is InChI=1S/C12H12BrClO4S/c13-10-4-3-9(7-11(10)19(14,16)17)12(15)18-6-5-8-1-2-8/h3-4,7-8H,1-2,5-6H2. The lowest BCUT2D eigenvalue weighted by Crippen LogP contribution is -2.08. The van der Waals surface area contributed by atoms with Crippen LogP contribution in [0.4, 0.5) is 0 Å². The van der Waals surface area contributed by atoms with Crippen molar-refractivity contribution in [3.05, 3.63) is 28.2 Å². The molecule has 0 atom stereocenters. The van der Waals surface area contributed by atoms with Crippen molar-refractivity contribution in [1.82, 2.24) is 0 Å². The van der Waals surface area contributed by atoms with Crippen molar-refractivity contribution >= 4 is 41.6 Å². The van der Waals surface area contributed by atoms with Gasteiger partial charge >= 0.3 is 5.97 Å². The van der Waals surface area contributed by atoms with Crippen molar-refractivity contribution in [2.24, 2.45) is 5.92 Å². The van der Waals surface area contributed by atoms with Gasteiger partial charge < -0.3 is 4.74 Å². The lowest BCUT2D eigenvalue weighted by atomic mass is 10.2. The average molecular weight is 368 g/mol. The van der Waals surface area contributed by atoms with Crippen LogP contribution in [0.2, 0.25) is 0 Å². The van der Waals surface area contributed by atoms with Crippen LogP contribution in [0, 0.1) is 5.92 Å². The Hall–Kier alpha value is -0.590. The maximum atomic E-state index is 11.8. The molecule has 1 fully saturated rings. The van der Waals surface area contributed by atoms with Gasteiger partial charge in [-0.2, -0.15) is 0 Å². The van der Waals surface area contributed by atoms with Crippen LogP contribution in [-0.4, -0.2) is 21.0 Å². The van der Waals surface area contributed by atoms with Gasteiger partial charge in [-0.25, -0.2) is 13.2 Å². The van der Waals surface area contributed by atoms with Gasteiger partial charge in [-0.15, -0.1) is 0 Å². The zero-order chi connectivity index (χ0) is 14.0. The number of benzene rings is 1. The second kappa shape index (κ2) is 5.81. The van der Waals surface area contributed by atoms with Crippen LogP contribution >= 0.6 is 26.6 Å². The van der Waals surface area contributed by atoms with Gasteiger partial charge in [0.05, 0.1) is 17.1 Å². The minimum atomic E-state index is -3.90. The number of hydrogen-bond donors (Lipinski definition) is 0. The summed E-state index contributed by atoms with van der Waals surface area (Å²) in [5, 5.41) is 0. The largest absolute Gasteiger partial charge is 0.462 e. The molecule has 1 aromatic rings. The minimum Gasteiger partial charge on any atom is -0.462 e. The molecule has 0 N–H and O–H groups in total. The molecular weight excluding hydrogens is 356 g/mol. The van der Waals surface area contributed by atoms with E-state index in [1.807, 2.05) is 0 Å². The summed E-state index contributed by atoms with van der Waals surface area (Å²) in [5.74, 6) is 0.145. The smallest absolute Gasteiger partial charge is 0.338 e. The fourth-order valence-corrected chi connectivity index (χ4v) is 3.74. The molecule has 4 nitrogen and oxygen atoms in total. The second-order valence-corrected chi connectivity index (χ2v) is 7.84. The van der Waals surface area contributed by atoms with Crippen molar-refractivity contribution < 1.29 is 17.9 Å². The van der Waals surface area contributed by atoms with Gasteiger partial charge in [-0.1, -0.05) is 12.8 Å². The fourth-order valence-electron chi connectivity index (χ4n) is 1.63. The molecular formula is C12H12BrClO4S. The number of hydrogen-bond acceptors (Lipinski definition) is 4. The topological polar surface area (TPSA) is 60.4 Å². The van der Waals surface area contributed by atoms with Gasteiger partial charge in [0.1, 0.15) is 0 Å². The second-order valence-electron chi connectivity index (χ2n) is 4.45. The first-order valence-electron chi connectivity index (χ1n) is 5.79. The van der Waals surface area contributed by atoms with E-state index in [2.05, 4.69) is 15.9 Å². The average Bonchev–Trinajstić information content (AvgIpc) is 3.12. The van der Waals surface area contributed by atoms with Crippen LogP contribution in [-0.2, 0) is 13.8 Å². The van der Waals surface area contributed by atoms with Gasteiger partial charge in [0.25, 0.3) is 9.05 Å². The lowest BCUT2D eigenvalue weighted by Gasteiger charge is -2.06. The maximum absolute atomic E-state index is 11.8. The number of rotatable bonds is 5. The highest BCUT2D eigenvalue weighted by molar-refractivity contribution is 9.10. The Balaban J connectivity index is 2.08. The highest BCUT2D eigenvalue weighted by atomic mass is 79.9. The Morgan fingerprint density at radius 3 is 2.68 bits per heavy atom. The van der Waals surface area contributed by atoms with Crippen molar-refractivity contribution in [3.8, 4) is 0 Å². The molecule has 0 saturated heterocycles. The molecule has 0 amide bonds. The van der Waals surface area contributed by atoms with Crippen LogP contribution in [0.5, 0.6) is 0 Å². The molecule has 7 heteroatoms. The molecule has 1 aromatic carbocycles. The Morgan fingerprint density at radius 1 is 1.42 bits per heavy atom. The fraction of sp³-hybridized carbons (Fsp3) is 0.417. The van der Waals surface area contributed by atoms with Crippen LogP contribution < -0.4 is 0 Å². The molecule has 19 heavy (non-hydrogen) atoms. The summed E-state index contributed by atoms with van der Waals surface area (Å²) in [7, 11) is 1.39. The Kier molecular flexibility index (Phi) is 4.53. The Morgan fingerprint density at radius 2 is 2.11 bits per heavy atom. The van der Waals surface area contributed by atoms with Gasteiger partial charge in [0.15, 0.2) is 0 Å². The molecule has 1 aliphatic carbocycles. The number of ether oxygens (including phenoxy) is 1. The van der Waals surface area contributed by atoms with E-state index in [-0.39, 0.29) is 10.5 Å². The molecule has 0 bridgehead atoms. The molecule has 0 radical (unpaired) electrons. The molecule has 0 aromatic heterocycles. The third-order valence-electron chi connectivity index (χ3n) is 2.89. The first-order valence-corrected chi connectivity index (χ1v) is 8.89. The van der Waals surface area contributed by atoms with Crippen molar-refractivity contribution in [2.45, 2.75) is 24.2 Å². The van der Waals surface area contributed by atoms with E-state index in [1.54, 1.807) is 0 Å². The van der Waals surface area contributed by atoms with E-state index in [0.717, 1.165) is 6.42 Å². The van der Waals surface area contributed by atoms with Gasteiger partial charge in [0.2, 0.25) is 0 Å². The molecule has 104 valence electrons. The number of carbonyl (C=O) groups excluding carboxylic acids is 1. The molecule has 1 aliphatic rings. The van der Waals surface area contributed by atoms with Crippen molar-refractivity contribution in [3.63, 3.8) is 0 Å². The van der Waals surface area contributed by atoms with Crippen LogP contribution in [0.3, 0.4) is 0 Å². The minimum absolute atomic E-state index is 0.134. The van der Waals surface area contributed by atoms with Crippen molar-refractivity contribution in [2.75, 3.05) is 6.61 Å². The zero-order valence-corrected chi connectivity index (χ0v) is 13.1. The summed E-state index contributed by atoms with van der Waals surface area (Å²) in [6, 6.07) is 4.17. The highest BCUT2D eigenvalue weighted by Gasteiger charge is 2.22. The number of halogens is 2. The summed E-state index contributed by atoms with van der Waals surface area (Å²) < 4.78 is 28.1. The first kappa shape index (κ1) is 14.8. The SMILES string of the molecule is O=C(OCCC1CC1)c1ccc(Br)c(S(=O)(=O)Cl)c1. The predicted molar refractivity (Wildman–Crippen MR) is 74.8 cm³/mol. The van der Waals surface area contributed by atoms with E-state index in [9.17, 15) is 13.2 Å².